The van der Waals surface area contributed by atoms with Crippen LogP contribution in [0, 0.1) is 11.8 Å². The molecule has 2 N–H and O–H groups in total. The molecule has 92 valence electrons. The van der Waals surface area contributed by atoms with Gasteiger partial charge in [-0.1, -0.05) is 26.2 Å². The molecule has 3 heteroatoms. The molecule has 0 aromatic rings. The van der Waals surface area contributed by atoms with Crippen LogP contribution in [0.25, 0.3) is 0 Å². The van der Waals surface area contributed by atoms with Crippen LogP contribution in [0.4, 0.5) is 0 Å². The van der Waals surface area contributed by atoms with Gasteiger partial charge in [-0.25, -0.2) is 0 Å². The van der Waals surface area contributed by atoms with Gasteiger partial charge < -0.3 is 10.4 Å². The minimum Gasteiger partial charge on any atom is -0.388 e. The first kappa shape index (κ1) is 11.9. The van der Waals surface area contributed by atoms with E-state index in [9.17, 15) is 9.90 Å². The number of carbonyl (C=O) groups excluding carboxylic acids is 1. The van der Waals surface area contributed by atoms with E-state index in [0.29, 0.717) is 12.5 Å². The second-order valence-corrected chi connectivity index (χ2v) is 5.77. The molecule has 0 heterocycles. The number of hydrogen-bond donors (Lipinski definition) is 2. The van der Waals surface area contributed by atoms with Crippen molar-refractivity contribution in [1.29, 1.82) is 0 Å². The molecule has 2 aliphatic rings. The molecule has 2 rings (SSSR count). The quantitative estimate of drug-likeness (QED) is 0.770. The average Bonchev–Trinajstić information content (AvgIpc) is 2.12. The van der Waals surface area contributed by atoms with Crippen LogP contribution in [0.2, 0.25) is 0 Å². The highest BCUT2D eigenvalue weighted by molar-refractivity contribution is 5.79. The van der Waals surface area contributed by atoms with Crippen molar-refractivity contribution in [2.24, 2.45) is 11.8 Å². The fourth-order valence-electron chi connectivity index (χ4n) is 2.86. The summed E-state index contributed by atoms with van der Waals surface area (Å²) in [4.78, 5) is 11.7. The van der Waals surface area contributed by atoms with Crippen LogP contribution in [0.1, 0.15) is 51.9 Å². The largest absolute Gasteiger partial charge is 0.388 e. The van der Waals surface area contributed by atoms with Crippen molar-refractivity contribution in [2.45, 2.75) is 57.5 Å². The van der Waals surface area contributed by atoms with Crippen LogP contribution in [0.15, 0.2) is 0 Å². The zero-order valence-corrected chi connectivity index (χ0v) is 10.2. The smallest absolute Gasteiger partial charge is 0.223 e. The van der Waals surface area contributed by atoms with Crippen LogP contribution >= 0.6 is 0 Å². The van der Waals surface area contributed by atoms with Gasteiger partial charge >= 0.3 is 0 Å². The normalized spacial score (nSPS) is 35.5. The van der Waals surface area contributed by atoms with Crippen LogP contribution in [0.5, 0.6) is 0 Å². The second-order valence-electron chi connectivity index (χ2n) is 5.77. The summed E-state index contributed by atoms with van der Waals surface area (Å²) in [5.74, 6) is 0.960. The molecule has 3 nitrogen and oxygen atoms in total. The Hall–Kier alpha value is -0.570. The SMILES string of the molecule is CC1CCCC(O)(CNC(=O)C2CCC2)C1. The molecule has 16 heavy (non-hydrogen) atoms. The third-order valence-corrected chi connectivity index (χ3v) is 4.14. The van der Waals surface area contributed by atoms with Gasteiger partial charge in [0.1, 0.15) is 0 Å². The molecular formula is C13H23NO2. The lowest BCUT2D eigenvalue weighted by atomic mass is 9.78. The Kier molecular flexibility index (Phi) is 3.53. The van der Waals surface area contributed by atoms with E-state index in [-0.39, 0.29) is 11.8 Å². The maximum absolute atomic E-state index is 11.7. The minimum atomic E-state index is -0.642. The van der Waals surface area contributed by atoms with Gasteiger partial charge in [-0.2, -0.15) is 0 Å². The molecule has 0 aromatic heterocycles. The van der Waals surface area contributed by atoms with Gasteiger partial charge in [0, 0.05) is 12.5 Å². The zero-order chi connectivity index (χ0) is 11.6. The summed E-state index contributed by atoms with van der Waals surface area (Å²) in [5, 5.41) is 13.3. The molecule has 0 aliphatic heterocycles. The fourth-order valence-corrected chi connectivity index (χ4v) is 2.86. The van der Waals surface area contributed by atoms with Crippen LogP contribution in [0.3, 0.4) is 0 Å². The molecule has 0 spiro atoms. The summed E-state index contributed by atoms with van der Waals surface area (Å²) in [6.45, 7) is 2.63. The third kappa shape index (κ3) is 2.76. The number of nitrogens with one attached hydrogen (secondary N) is 1. The molecule has 2 atom stereocenters. The number of amides is 1. The fraction of sp³-hybridized carbons (Fsp3) is 0.923. The molecule has 0 radical (unpaired) electrons. The van der Waals surface area contributed by atoms with E-state index in [0.717, 1.165) is 32.1 Å². The van der Waals surface area contributed by atoms with E-state index >= 15 is 0 Å². The van der Waals surface area contributed by atoms with Crippen molar-refractivity contribution in [1.82, 2.24) is 5.32 Å². The summed E-state index contributed by atoms with van der Waals surface area (Å²) in [6.07, 6.45) is 7.19. The van der Waals surface area contributed by atoms with E-state index in [1.165, 1.54) is 12.8 Å². The lowest BCUT2D eigenvalue weighted by Crippen LogP contribution is -2.47. The molecule has 2 unspecified atom stereocenters. The van der Waals surface area contributed by atoms with Crippen LogP contribution < -0.4 is 5.32 Å². The third-order valence-electron chi connectivity index (χ3n) is 4.14. The first-order valence-electron chi connectivity index (χ1n) is 6.59. The molecule has 0 saturated heterocycles. The predicted octanol–water partition coefficient (Wildman–Crippen LogP) is 1.84. The van der Waals surface area contributed by atoms with Crippen molar-refractivity contribution in [2.75, 3.05) is 6.54 Å². The van der Waals surface area contributed by atoms with Crippen LogP contribution in [-0.4, -0.2) is 23.2 Å². The summed E-state index contributed by atoms with van der Waals surface area (Å²) in [5.41, 5.74) is -0.642. The van der Waals surface area contributed by atoms with Gasteiger partial charge in [-0.05, 0) is 31.6 Å². The predicted molar refractivity (Wildman–Crippen MR) is 62.9 cm³/mol. The maximum atomic E-state index is 11.7. The highest BCUT2D eigenvalue weighted by Gasteiger charge is 2.34. The number of carbonyl (C=O) groups is 1. The second kappa shape index (κ2) is 4.74. The molecule has 2 saturated carbocycles. The first-order chi connectivity index (χ1) is 7.59. The van der Waals surface area contributed by atoms with Gasteiger partial charge in [0.15, 0.2) is 0 Å². The standard InChI is InChI=1S/C13H23NO2/c1-10-4-3-7-13(16,8-10)9-14-12(15)11-5-2-6-11/h10-11,16H,2-9H2,1H3,(H,14,15). The lowest BCUT2D eigenvalue weighted by molar-refractivity contribution is -0.129. The van der Waals surface area contributed by atoms with Gasteiger partial charge in [0.2, 0.25) is 5.91 Å². The number of hydrogen-bond acceptors (Lipinski definition) is 2. The molecule has 0 bridgehead atoms. The van der Waals surface area contributed by atoms with Gasteiger partial charge in [0.25, 0.3) is 0 Å². The Labute approximate surface area is 97.6 Å². The van der Waals surface area contributed by atoms with E-state index in [2.05, 4.69) is 12.2 Å². The summed E-state index contributed by atoms with van der Waals surface area (Å²) in [7, 11) is 0. The molecule has 2 aliphatic carbocycles. The Balaban J connectivity index is 1.77. The molecule has 1 amide bonds. The Morgan fingerprint density at radius 1 is 1.38 bits per heavy atom. The number of rotatable bonds is 3. The topological polar surface area (TPSA) is 49.3 Å². The van der Waals surface area contributed by atoms with Crippen molar-refractivity contribution in [3.05, 3.63) is 0 Å². The Morgan fingerprint density at radius 2 is 2.12 bits per heavy atom. The van der Waals surface area contributed by atoms with Gasteiger partial charge in [0.05, 0.1) is 5.60 Å². The van der Waals surface area contributed by atoms with Gasteiger partial charge in [-0.15, -0.1) is 0 Å². The summed E-state index contributed by atoms with van der Waals surface area (Å²) in [6, 6.07) is 0. The van der Waals surface area contributed by atoms with E-state index in [1.54, 1.807) is 0 Å². The van der Waals surface area contributed by atoms with Crippen molar-refractivity contribution in [3.63, 3.8) is 0 Å². The Bertz CT molecular complexity index is 263. The van der Waals surface area contributed by atoms with Crippen molar-refractivity contribution >= 4 is 5.91 Å². The van der Waals surface area contributed by atoms with E-state index in [4.69, 9.17) is 0 Å². The zero-order valence-electron chi connectivity index (χ0n) is 10.2. The van der Waals surface area contributed by atoms with Gasteiger partial charge in [-0.3, -0.25) is 4.79 Å². The lowest BCUT2D eigenvalue weighted by Gasteiger charge is -2.36. The maximum Gasteiger partial charge on any atom is 0.223 e. The highest BCUT2D eigenvalue weighted by atomic mass is 16.3. The van der Waals surface area contributed by atoms with E-state index < -0.39 is 5.60 Å². The molecule has 0 aromatic carbocycles. The monoisotopic (exact) mass is 225 g/mol. The summed E-state index contributed by atoms with van der Waals surface area (Å²) < 4.78 is 0. The van der Waals surface area contributed by atoms with Crippen LogP contribution in [-0.2, 0) is 4.79 Å². The first-order valence-corrected chi connectivity index (χ1v) is 6.59. The summed E-state index contributed by atoms with van der Waals surface area (Å²) >= 11 is 0. The van der Waals surface area contributed by atoms with E-state index in [1.807, 2.05) is 0 Å². The van der Waals surface area contributed by atoms with Crippen molar-refractivity contribution in [3.8, 4) is 0 Å². The van der Waals surface area contributed by atoms with Crippen molar-refractivity contribution < 1.29 is 9.90 Å². The minimum absolute atomic E-state index is 0.151. The molecular weight excluding hydrogens is 202 g/mol. The Morgan fingerprint density at radius 3 is 2.69 bits per heavy atom. The number of aliphatic hydroxyl groups is 1. The highest BCUT2D eigenvalue weighted by Crippen LogP contribution is 2.32. The molecule has 2 fully saturated rings. The average molecular weight is 225 g/mol.